The van der Waals surface area contributed by atoms with Gasteiger partial charge in [-0.05, 0) is 143 Å². The first-order chi connectivity index (χ1) is 29.0. The number of aromatic nitrogens is 4. The molecule has 9 aromatic rings. The molecule has 0 amide bonds. The van der Waals surface area contributed by atoms with Crippen LogP contribution in [0, 0.1) is 35.5 Å². The summed E-state index contributed by atoms with van der Waals surface area (Å²) in [5, 5.41) is 7.48. The predicted molar refractivity (Wildman–Crippen MR) is 239 cm³/mol. The van der Waals surface area contributed by atoms with Crippen LogP contribution in [0.4, 0.5) is 0 Å². The molecule has 8 bridgehead atoms. The summed E-state index contributed by atoms with van der Waals surface area (Å²) < 4.78 is 11.9. The van der Waals surface area contributed by atoms with E-state index < -0.39 is 0 Å². The van der Waals surface area contributed by atoms with Crippen LogP contribution in [0.1, 0.15) is 88.7 Å². The SMILES string of the molecule is c1cc(-c2nc(C34CC5CC(CC(C5)C3)C4)nc(C34CC5CC(CC(C5)C3)C4)n2)cc(-n2c3ccccc3c3c4c5ccccc5sc4c4oc5ccccc5c4c32)c1. The second kappa shape index (κ2) is 11.4. The van der Waals surface area contributed by atoms with Gasteiger partial charge in [0.2, 0.25) is 0 Å². The van der Waals surface area contributed by atoms with Crippen molar-refractivity contribution in [1.29, 1.82) is 0 Å². The number of benzene rings is 5. The van der Waals surface area contributed by atoms with Crippen LogP contribution in [0.25, 0.3) is 81.0 Å². The highest BCUT2D eigenvalue weighted by Crippen LogP contribution is 2.63. The standard InChI is InChI=1S/C53H46N4OS/c1-4-13-40-37(10-1)43-44-39-12-3-6-15-42(39)59-48(44)47-45(38-11-2-5-14-41(38)58-47)46(43)57(40)36-9-7-8-35(22-36)49-54-50(52-23-29-16-30(24-52)18-31(17-29)25-52)56-51(55-49)53-26-32-19-33(27-53)21-34(20-32)28-53/h1-15,22,29-34H,16-21,23-28H2. The minimum Gasteiger partial charge on any atom is -0.454 e. The number of para-hydroxylation sites is 2. The van der Waals surface area contributed by atoms with Crippen LogP contribution in [0.5, 0.6) is 0 Å². The molecule has 0 spiro atoms. The van der Waals surface area contributed by atoms with Crippen molar-refractivity contribution >= 4 is 75.3 Å². The largest absolute Gasteiger partial charge is 0.454 e. The third-order valence-electron chi connectivity index (χ3n) is 16.8. The minimum absolute atomic E-state index is 0.108. The third-order valence-corrected chi connectivity index (χ3v) is 18.0. The van der Waals surface area contributed by atoms with Gasteiger partial charge in [-0.1, -0.05) is 66.7 Å². The molecule has 5 aromatic carbocycles. The van der Waals surface area contributed by atoms with E-state index in [1.807, 2.05) is 11.3 Å². The summed E-state index contributed by atoms with van der Waals surface area (Å²) in [6, 6.07) is 35.7. The molecule has 0 saturated heterocycles. The lowest BCUT2D eigenvalue weighted by atomic mass is 9.49. The van der Waals surface area contributed by atoms with Crippen LogP contribution in [-0.4, -0.2) is 19.5 Å². The molecular weight excluding hydrogens is 741 g/mol. The highest BCUT2D eigenvalue weighted by molar-refractivity contribution is 7.27. The van der Waals surface area contributed by atoms with E-state index in [1.54, 1.807) is 0 Å². The van der Waals surface area contributed by atoms with Crippen molar-refractivity contribution in [3.05, 3.63) is 109 Å². The number of furan rings is 1. The fourth-order valence-electron chi connectivity index (χ4n) is 15.4. The molecule has 8 aliphatic carbocycles. The van der Waals surface area contributed by atoms with Gasteiger partial charge in [0.25, 0.3) is 0 Å². The van der Waals surface area contributed by atoms with Crippen molar-refractivity contribution in [2.24, 2.45) is 35.5 Å². The zero-order valence-corrected chi connectivity index (χ0v) is 34.1. The molecule has 8 fully saturated rings. The van der Waals surface area contributed by atoms with Crippen molar-refractivity contribution in [3.63, 3.8) is 0 Å². The summed E-state index contributed by atoms with van der Waals surface area (Å²) in [5.41, 5.74) is 6.77. The summed E-state index contributed by atoms with van der Waals surface area (Å²) in [6.45, 7) is 0. The summed E-state index contributed by atoms with van der Waals surface area (Å²) in [7, 11) is 0. The first-order valence-corrected chi connectivity index (χ1v) is 23.4. The molecule has 6 heteroatoms. The van der Waals surface area contributed by atoms with Gasteiger partial charge in [-0.3, -0.25) is 0 Å². The zero-order valence-electron chi connectivity index (χ0n) is 33.3. The van der Waals surface area contributed by atoms with Crippen LogP contribution in [0.3, 0.4) is 0 Å². The average molecular weight is 787 g/mol. The number of rotatable bonds is 4. The number of hydrogen-bond donors (Lipinski definition) is 0. The van der Waals surface area contributed by atoms with Crippen LogP contribution < -0.4 is 0 Å². The number of hydrogen-bond acceptors (Lipinski definition) is 5. The maximum Gasteiger partial charge on any atom is 0.163 e. The van der Waals surface area contributed by atoms with Crippen LogP contribution in [0.15, 0.2) is 101 Å². The van der Waals surface area contributed by atoms with E-state index in [0.29, 0.717) is 0 Å². The maximum absolute atomic E-state index is 6.88. The Morgan fingerprint density at radius 3 is 1.78 bits per heavy atom. The molecule has 290 valence electrons. The van der Waals surface area contributed by atoms with Crippen molar-refractivity contribution in [3.8, 4) is 17.1 Å². The molecule has 8 saturated carbocycles. The Balaban J connectivity index is 0.993. The Morgan fingerprint density at radius 2 is 1.12 bits per heavy atom. The molecule has 0 radical (unpaired) electrons. The molecule has 59 heavy (non-hydrogen) atoms. The van der Waals surface area contributed by atoms with Gasteiger partial charge < -0.3 is 8.98 Å². The topological polar surface area (TPSA) is 56.7 Å². The molecule has 5 nitrogen and oxygen atoms in total. The molecule has 4 heterocycles. The van der Waals surface area contributed by atoms with Gasteiger partial charge in [-0.15, -0.1) is 11.3 Å². The Labute approximate surface area is 346 Å². The molecule has 4 aromatic heterocycles. The summed E-state index contributed by atoms with van der Waals surface area (Å²) >= 11 is 1.85. The Morgan fingerprint density at radius 1 is 0.542 bits per heavy atom. The first-order valence-electron chi connectivity index (χ1n) is 22.6. The zero-order chi connectivity index (χ0) is 38.2. The van der Waals surface area contributed by atoms with Gasteiger partial charge in [-0.2, -0.15) is 0 Å². The Kier molecular flexibility index (Phi) is 6.32. The highest BCUT2D eigenvalue weighted by Gasteiger charge is 2.56. The van der Waals surface area contributed by atoms with E-state index in [1.165, 1.54) is 124 Å². The predicted octanol–water partition coefficient (Wildman–Crippen LogP) is 13.8. The summed E-state index contributed by atoms with van der Waals surface area (Å²) in [6.07, 6.45) is 16.1. The van der Waals surface area contributed by atoms with Crippen molar-refractivity contribution in [1.82, 2.24) is 19.5 Å². The summed E-state index contributed by atoms with van der Waals surface area (Å²) in [4.78, 5) is 17.1. The molecule has 0 aliphatic heterocycles. The fourth-order valence-corrected chi connectivity index (χ4v) is 16.6. The maximum atomic E-state index is 6.88. The van der Waals surface area contributed by atoms with E-state index in [2.05, 4.69) is 102 Å². The number of nitrogens with zero attached hydrogens (tertiary/aromatic N) is 4. The lowest BCUT2D eigenvalue weighted by Crippen LogP contribution is -2.51. The van der Waals surface area contributed by atoms with E-state index in [4.69, 9.17) is 19.4 Å². The van der Waals surface area contributed by atoms with E-state index in [9.17, 15) is 0 Å². The molecular formula is C53H46N4OS. The van der Waals surface area contributed by atoms with Gasteiger partial charge in [0.15, 0.2) is 11.4 Å². The monoisotopic (exact) mass is 786 g/mol. The van der Waals surface area contributed by atoms with E-state index in [-0.39, 0.29) is 10.8 Å². The molecule has 8 aliphatic rings. The molecule has 0 unspecified atom stereocenters. The van der Waals surface area contributed by atoms with E-state index in [0.717, 1.165) is 80.8 Å². The lowest BCUT2D eigenvalue weighted by Gasteiger charge is -2.57. The molecule has 0 atom stereocenters. The van der Waals surface area contributed by atoms with Gasteiger partial charge >= 0.3 is 0 Å². The van der Waals surface area contributed by atoms with Gasteiger partial charge in [0.05, 0.1) is 21.1 Å². The van der Waals surface area contributed by atoms with Crippen LogP contribution in [-0.2, 0) is 10.8 Å². The average Bonchev–Trinajstić information content (AvgIpc) is 3.93. The van der Waals surface area contributed by atoms with E-state index >= 15 is 0 Å². The van der Waals surface area contributed by atoms with Crippen LogP contribution in [0.2, 0.25) is 0 Å². The second-order valence-corrected chi connectivity index (χ2v) is 21.5. The minimum atomic E-state index is 0.108. The molecule has 0 N–H and O–H groups in total. The molecule has 17 rings (SSSR count). The second-order valence-electron chi connectivity index (χ2n) is 20.4. The summed E-state index contributed by atoms with van der Waals surface area (Å²) in [5.74, 6) is 8.22. The van der Waals surface area contributed by atoms with Gasteiger partial charge in [0, 0.05) is 53.7 Å². The fraction of sp³-hybridized carbons (Fsp3) is 0.377. The Hall–Kier alpha value is -5.07. The van der Waals surface area contributed by atoms with Gasteiger partial charge in [-0.25, -0.2) is 15.0 Å². The van der Waals surface area contributed by atoms with Crippen LogP contribution >= 0.6 is 11.3 Å². The first kappa shape index (κ1) is 32.7. The number of fused-ring (bicyclic) bond motifs is 12. The Bertz CT molecular complexity index is 3140. The quantitative estimate of drug-likeness (QED) is 0.178. The van der Waals surface area contributed by atoms with Gasteiger partial charge in [0.1, 0.15) is 17.2 Å². The van der Waals surface area contributed by atoms with Crippen molar-refractivity contribution < 1.29 is 4.42 Å². The third kappa shape index (κ3) is 4.44. The highest BCUT2D eigenvalue weighted by atomic mass is 32.1. The van der Waals surface area contributed by atoms with Crippen molar-refractivity contribution in [2.75, 3.05) is 0 Å². The lowest BCUT2D eigenvalue weighted by molar-refractivity contribution is -0.0155. The normalized spacial score (nSPS) is 30.7. The van der Waals surface area contributed by atoms with Crippen molar-refractivity contribution in [2.45, 2.75) is 87.9 Å². The number of thiophene rings is 1. The smallest absolute Gasteiger partial charge is 0.163 e.